The molecule has 4 rings (SSSR count). The van der Waals surface area contributed by atoms with Gasteiger partial charge in [0.25, 0.3) is 0 Å². The predicted molar refractivity (Wildman–Crippen MR) is 158 cm³/mol. The van der Waals surface area contributed by atoms with Gasteiger partial charge >= 0.3 is 5.97 Å². The number of nitrogens with one attached hydrogen (secondary N) is 1. The minimum absolute atomic E-state index is 0.0860. The fourth-order valence-electron chi connectivity index (χ4n) is 4.09. The first-order valence-corrected chi connectivity index (χ1v) is 14.6. The van der Waals surface area contributed by atoms with Crippen LogP contribution >= 0.6 is 39.3 Å². The van der Waals surface area contributed by atoms with Crippen LogP contribution in [0.25, 0.3) is 0 Å². The van der Waals surface area contributed by atoms with E-state index in [0.29, 0.717) is 55.7 Å². The highest BCUT2D eigenvalue weighted by molar-refractivity contribution is 9.10. The van der Waals surface area contributed by atoms with E-state index in [2.05, 4.69) is 34.7 Å². The van der Waals surface area contributed by atoms with Gasteiger partial charge in [-0.3, -0.25) is 0 Å². The van der Waals surface area contributed by atoms with E-state index in [9.17, 15) is 4.79 Å². The van der Waals surface area contributed by atoms with Crippen LogP contribution in [-0.4, -0.2) is 41.1 Å². The number of anilines is 1. The number of ether oxygens (including phenoxy) is 3. The van der Waals surface area contributed by atoms with E-state index in [1.165, 1.54) is 17.8 Å². The summed E-state index contributed by atoms with van der Waals surface area (Å²) in [5.41, 5.74) is 2.76. The molecule has 0 amide bonds. The van der Waals surface area contributed by atoms with Crippen LogP contribution in [-0.2, 0) is 15.3 Å². The van der Waals surface area contributed by atoms with Crippen molar-refractivity contribution in [2.45, 2.75) is 43.6 Å². The normalized spacial score (nSPS) is 14.4. The standard InChI is InChI=1S/C28H30BrClN4O4S/c1-5-7-13-37-25-20(29)14-19(15-22(25)36-4)24-23(26(35)38-12-6-2)17(3)31-27-32-28(33-34(24)27)39-16-18-10-8-9-11-21(18)30/h6,8-11,14-15,24H,2,5,7,12-13,16H2,1,3-4H3,(H,31,32,33). The van der Waals surface area contributed by atoms with Crippen molar-refractivity contribution in [3.05, 3.63) is 80.9 Å². The number of unbranched alkanes of at least 4 members (excludes halogenated alkanes) is 1. The molecule has 0 saturated carbocycles. The van der Waals surface area contributed by atoms with Crippen LogP contribution in [0.1, 0.15) is 43.9 Å². The summed E-state index contributed by atoms with van der Waals surface area (Å²) in [5.74, 6) is 1.78. The summed E-state index contributed by atoms with van der Waals surface area (Å²) >= 11 is 11.4. The molecule has 0 spiro atoms. The molecular weight excluding hydrogens is 604 g/mol. The lowest BCUT2D eigenvalue weighted by molar-refractivity contribution is -0.138. The van der Waals surface area contributed by atoms with Crippen molar-refractivity contribution >= 4 is 51.2 Å². The molecule has 2 aromatic carbocycles. The Bertz CT molecular complexity index is 1390. The van der Waals surface area contributed by atoms with Gasteiger partial charge in [0.05, 0.1) is 23.8 Å². The molecule has 8 nitrogen and oxygen atoms in total. The van der Waals surface area contributed by atoms with Crippen LogP contribution in [0, 0.1) is 0 Å². The molecule has 1 aliphatic rings. The third-order valence-electron chi connectivity index (χ3n) is 6.01. The molecule has 206 valence electrons. The number of esters is 1. The second-order valence-electron chi connectivity index (χ2n) is 8.73. The Morgan fingerprint density at radius 1 is 1.33 bits per heavy atom. The van der Waals surface area contributed by atoms with E-state index in [0.717, 1.165) is 24.0 Å². The Labute approximate surface area is 245 Å². The molecule has 3 aromatic rings. The average molecular weight is 634 g/mol. The third-order valence-corrected chi connectivity index (χ3v) is 7.86. The number of aromatic nitrogens is 3. The number of halogens is 2. The Morgan fingerprint density at radius 2 is 2.13 bits per heavy atom. The van der Waals surface area contributed by atoms with E-state index in [-0.39, 0.29) is 6.61 Å². The Morgan fingerprint density at radius 3 is 2.85 bits per heavy atom. The van der Waals surface area contributed by atoms with Crippen LogP contribution in [0.15, 0.2) is 70.0 Å². The topological polar surface area (TPSA) is 87.5 Å². The van der Waals surface area contributed by atoms with Crippen LogP contribution in [0.3, 0.4) is 0 Å². The zero-order valence-corrected chi connectivity index (χ0v) is 25.2. The van der Waals surface area contributed by atoms with E-state index in [1.807, 2.05) is 43.3 Å². The van der Waals surface area contributed by atoms with Crippen molar-refractivity contribution in [2.75, 3.05) is 25.6 Å². The van der Waals surface area contributed by atoms with Crippen molar-refractivity contribution in [3.63, 3.8) is 0 Å². The first-order valence-electron chi connectivity index (χ1n) is 12.5. The van der Waals surface area contributed by atoms with E-state index >= 15 is 0 Å². The number of carbonyl (C=O) groups excluding carboxylic acids is 1. The number of hydrogen-bond donors (Lipinski definition) is 1. The summed E-state index contributed by atoms with van der Waals surface area (Å²) in [5, 5.41) is 9.23. The van der Waals surface area contributed by atoms with Gasteiger partial charge in [-0.1, -0.05) is 67.6 Å². The molecule has 11 heteroatoms. The van der Waals surface area contributed by atoms with Crippen LogP contribution in [0.5, 0.6) is 11.5 Å². The second-order valence-corrected chi connectivity index (χ2v) is 10.9. The smallest absolute Gasteiger partial charge is 0.338 e. The maximum absolute atomic E-state index is 13.3. The Kier molecular flexibility index (Phi) is 9.99. The zero-order valence-electron chi connectivity index (χ0n) is 22.0. The predicted octanol–water partition coefficient (Wildman–Crippen LogP) is 7.19. The largest absolute Gasteiger partial charge is 0.493 e. The number of carbonyl (C=O) groups is 1. The number of hydrogen-bond acceptors (Lipinski definition) is 8. The number of allylic oxidation sites excluding steroid dienone is 1. The molecule has 1 unspecified atom stereocenters. The summed E-state index contributed by atoms with van der Waals surface area (Å²) < 4.78 is 19.6. The lowest BCUT2D eigenvalue weighted by atomic mass is 9.95. The van der Waals surface area contributed by atoms with Gasteiger partial charge in [-0.15, -0.1) is 5.10 Å². The second kappa shape index (κ2) is 13.4. The van der Waals surface area contributed by atoms with Gasteiger partial charge in [-0.25, -0.2) is 9.48 Å². The van der Waals surface area contributed by atoms with Crippen LogP contribution < -0.4 is 14.8 Å². The van der Waals surface area contributed by atoms with Crippen molar-refractivity contribution in [3.8, 4) is 11.5 Å². The molecular formula is C28H30BrClN4O4S. The molecule has 0 radical (unpaired) electrons. The van der Waals surface area contributed by atoms with Gasteiger partial charge in [-0.2, -0.15) is 4.98 Å². The molecule has 1 aromatic heterocycles. The number of rotatable bonds is 12. The average Bonchev–Trinajstić information content (AvgIpc) is 3.33. The SMILES string of the molecule is C=CCOC(=O)C1=C(C)Nc2nc(SCc3ccccc3Cl)nn2C1c1cc(Br)c(OCCCC)c(OC)c1. The highest BCUT2D eigenvalue weighted by Crippen LogP contribution is 2.43. The molecule has 1 aliphatic heterocycles. The van der Waals surface area contributed by atoms with E-state index in [1.54, 1.807) is 11.8 Å². The maximum atomic E-state index is 13.3. The number of thioether (sulfide) groups is 1. The first-order chi connectivity index (χ1) is 18.9. The van der Waals surface area contributed by atoms with Crippen LogP contribution in [0.4, 0.5) is 5.95 Å². The molecule has 0 saturated heterocycles. The van der Waals surface area contributed by atoms with Gasteiger partial charge in [0.15, 0.2) is 11.5 Å². The van der Waals surface area contributed by atoms with Crippen molar-refractivity contribution in [1.82, 2.24) is 14.8 Å². The lowest BCUT2D eigenvalue weighted by Crippen LogP contribution is -2.29. The highest BCUT2D eigenvalue weighted by atomic mass is 79.9. The summed E-state index contributed by atoms with van der Waals surface area (Å²) in [6.07, 6.45) is 3.47. The van der Waals surface area contributed by atoms with Gasteiger partial charge in [-0.05, 0) is 58.6 Å². The number of benzene rings is 2. The molecule has 0 bridgehead atoms. The van der Waals surface area contributed by atoms with Crippen LogP contribution in [0.2, 0.25) is 5.02 Å². The Balaban J connectivity index is 1.75. The molecule has 2 heterocycles. The number of nitrogens with zero attached hydrogens (tertiary/aromatic N) is 3. The molecule has 0 fully saturated rings. The summed E-state index contributed by atoms with van der Waals surface area (Å²) in [6, 6.07) is 10.8. The quantitative estimate of drug-likeness (QED) is 0.0971. The fraction of sp³-hybridized carbons (Fsp3) is 0.321. The van der Waals surface area contributed by atoms with Crippen molar-refractivity contribution in [2.24, 2.45) is 0 Å². The van der Waals surface area contributed by atoms with Crippen molar-refractivity contribution in [1.29, 1.82) is 0 Å². The lowest BCUT2D eigenvalue weighted by Gasteiger charge is -2.28. The number of methoxy groups -OCH3 is 1. The first kappa shape index (κ1) is 29.0. The van der Waals surface area contributed by atoms with E-state index in [4.69, 9.17) is 35.9 Å². The minimum Gasteiger partial charge on any atom is -0.493 e. The van der Waals surface area contributed by atoms with Gasteiger partial charge in [0, 0.05) is 16.5 Å². The summed E-state index contributed by atoms with van der Waals surface area (Å²) in [6.45, 7) is 8.23. The van der Waals surface area contributed by atoms with Gasteiger partial charge in [0.2, 0.25) is 11.1 Å². The summed E-state index contributed by atoms with van der Waals surface area (Å²) in [7, 11) is 1.59. The van der Waals surface area contributed by atoms with Gasteiger partial charge < -0.3 is 19.5 Å². The van der Waals surface area contributed by atoms with E-state index < -0.39 is 12.0 Å². The highest BCUT2D eigenvalue weighted by Gasteiger charge is 2.36. The molecule has 0 aliphatic carbocycles. The molecule has 1 atom stereocenters. The monoisotopic (exact) mass is 632 g/mol. The molecule has 39 heavy (non-hydrogen) atoms. The number of fused-ring (bicyclic) bond motifs is 1. The molecule has 1 N–H and O–H groups in total. The maximum Gasteiger partial charge on any atom is 0.338 e. The minimum atomic E-state index is -0.629. The zero-order chi connectivity index (χ0) is 27.9. The van der Waals surface area contributed by atoms with Crippen molar-refractivity contribution < 1.29 is 19.0 Å². The fourth-order valence-corrected chi connectivity index (χ4v) is 5.78. The summed E-state index contributed by atoms with van der Waals surface area (Å²) in [4.78, 5) is 18.0. The van der Waals surface area contributed by atoms with Gasteiger partial charge in [0.1, 0.15) is 12.6 Å². The third kappa shape index (κ3) is 6.62. The Hall–Kier alpha value is -2.95.